The van der Waals surface area contributed by atoms with Gasteiger partial charge in [-0.25, -0.2) is 0 Å². The second-order valence-electron chi connectivity index (χ2n) is 4.47. The SMILES string of the molecule is CCCCN(CCCC)c1cc(Cl)ccc1C#N. The highest BCUT2D eigenvalue weighted by Gasteiger charge is 2.11. The number of benzene rings is 1. The van der Waals surface area contributed by atoms with Gasteiger partial charge in [-0.05, 0) is 31.0 Å². The number of hydrogen-bond donors (Lipinski definition) is 0. The molecule has 0 heterocycles. The summed E-state index contributed by atoms with van der Waals surface area (Å²) in [6.45, 7) is 6.35. The molecule has 0 unspecified atom stereocenters. The molecule has 0 saturated carbocycles. The van der Waals surface area contributed by atoms with E-state index >= 15 is 0 Å². The Bertz CT molecular complexity index is 401. The Balaban J connectivity index is 2.95. The summed E-state index contributed by atoms with van der Waals surface area (Å²) >= 11 is 6.05. The van der Waals surface area contributed by atoms with E-state index in [1.165, 1.54) is 0 Å². The second kappa shape index (κ2) is 8.00. The van der Waals surface area contributed by atoms with Gasteiger partial charge in [0.25, 0.3) is 0 Å². The van der Waals surface area contributed by atoms with E-state index in [9.17, 15) is 5.26 Å². The first-order valence-electron chi connectivity index (χ1n) is 6.67. The van der Waals surface area contributed by atoms with Crippen molar-refractivity contribution in [1.29, 1.82) is 5.26 Å². The van der Waals surface area contributed by atoms with Crippen LogP contribution in [0.5, 0.6) is 0 Å². The Hall–Kier alpha value is -1.20. The molecule has 0 fully saturated rings. The topological polar surface area (TPSA) is 27.0 Å². The zero-order valence-electron chi connectivity index (χ0n) is 11.2. The third-order valence-electron chi connectivity index (χ3n) is 2.98. The second-order valence-corrected chi connectivity index (χ2v) is 4.90. The molecule has 0 aliphatic carbocycles. The summed E-state index contributed by atoms with van der Waals surface area (Å²) in [5, 5.41) is 9.89. The van der Waals surface area contributed by atoms with Crippen LogP contribution in [-0.2, 0) is 0 Å². The summed E-state index contributed by atoms with van der Waals surface area (Å²) in [4.78, 5) is 2.29. The van der Waals surface area contributed by atoms with Gasteiger partial charge in [0.1, 0.15) is 6.07 Å². The zero-order valence-corrected chi connectivity index (χ0v) is 12.0. The van der Waals surface area contributed by atoms with Gasteiger partial charge >= 0.3 is 0 Å². The van der Waals surface area contributed by atoms with Gasteiger partial charge in [0.05, 0.1) is 11.3 Å². The van der Waals surface area contributed by atoms with E-state index in [1.807, 2.05) is 12.1 Å². The van der Waals surface area contributed by atoms with Crippen LogP contribution in [0.1, 0.15) is 45.1 Å². The first-order valence-corrected chi connectivity index (χ1v) is 7.05. The maximum absolute atomic E-state index is 9.19. The van der Waals surface area contributed by atoms with Crippen LogP contribution in [0.2, 0.25) is 5.02 Å². The van der Waals surface area contributed by atoms with Crippen molar-refractivity contribution >= 4 is 17.3 Å². The minimum absolute atomic E-state index is 0.696. The van der Waals surface area contributed by atoms with Crippen molar-refractivity contribution < 1.29 is 0 Å². The number of rotatable bonds is 7. The van der Waals surface area contributed by atoms with E-state index in [0.29, 0.717) is 10.6 Å². The van der Waals surface area contributed by atoms with Crippen LogP contribution in [0.15, 0.2) is 18.2 Å². The van der Waals surface area contributed by atoms with E-state index in [4.69, 9.17) is 11.6 Å². The first-order chi connectivity index (χ1) is 8.72. The Morgan fingerprint density at radius 3 is 2.28 bits per heavy atom. The predicted octanol–water partition coefficient (Wildman–Crippen LogP) is 4.62. The highest BCUT2D eigenvalue weighted by atomic mass is 35.5. The van der Waals surface area contributed by atoms with E-state index in [0.717, 1.165) is 44.5 Å². The molecule has 0 atom stereocenters. The molecule has 0 radical (unpaired) electrons. The summed E-state index contributed by atoms with van der Waals surface area (Å²) in [5.41, 5.74) is 1.69. The van der Waals surface area contributed by atoms with E-state index in [-0.39, 0.29) is 0 Å². The van der Waals surface area contributed by atoms with Crippen LogP contribution in [0, 0.1) is 11.3 Å². The Morgan fingerprint density at radius 2 is 1.78 bits per heavy atom. The number of hydrogen-bond acceptors (Lipinski definition) is 2. The van der Waals surface area contributed by atoms with Crippen molar-refractivity contribution in [2.45, 2.75) is 39.5 Å². The molecular formula is C15H21ClN2. The molecule has 0 amide bonds. The molecule has 0 spiro atoms. The average Bonchev–Trinajstić information content (AvgIpc) is 2.39. The normalized spacial score (nSPS) is 10.1. The summed E-state index contributed by atoms with van der Waals surface area (Å²) in [5.74, 6) is 0. The largest absolute Gasteiger partial charge is 0.370 e. The summed E-state index contributed by atoms with van der Waals surface area (Å²) in [7, 11) is 0. The van der Waals surface area contributed by atoms with Crippen LogP contribution >= 0.6 is 11.6 Å². The lowest BCUT2D eigenvalue weighted by Gasteiger charge is -2.25. The smallest absolute Gasteiger partial charge is 0.101 e. The fourth-order valence-corrected chi connectivity index (χ4v) is 2.08. The average molecular weight is 265 g/mol. The summed E-state index contributed by atoms with van der Waals surface area (Å²) in [6, 6.07) is 7.75. The van der Waals surface area contributed by atoms with Crippen LogP contribution in [0.4, 0.5) is 5.69 Å². The fourth-order valence-electron chi connectivity index (χ4n) is 1.91. The Labute approximate surface area is 115 Å². The lowest BCUT2D eigenvalue weighted by Crippen LogP contribution is -2.26. The molecule has 1 aromatic carbocycles. The molecule has 0 aliphatic rings. The third-order valence-corrected chi connectivity index (χ3v) is 3.22. The Morgan fingerprint density at radius 1 is 1.17 bits per heavy atom. The van der Waals surface area contributed by atoms with Gasteiger partial charge in [0.2, 0.25) is 0 Å². The molecule has 0 aliphatic heterocycles. The molecule has 0 aromatic heterocycles. The minimum Gasteiger partial charge on any atom is -0.370 e. The Kier molecular flexibility index (Phi) is 6.60. The van der Waals surface area contributed by atoms with Crippen molar-refractivity contribution in [2.75, 3.05) is 18.0 Å². The van der Waals surface area contributed by atoms with Crippen LogP contribution < -0.4 is 4.90 Å². The molecule has 3 heteroatoms. The first kappa shape index (κ1) is 14.9. The third kappa shape index (κ3) is 4.23. The van der Waals surface area contributed by atoms with Gasteiger partial charge in [-0.3, -0.25) is 0 Å². The van der Waals surface area contributed by atoms with Crippen LogP contribution in [-0.4, -0.2) is 13.1 Å². The lowest BCUT2D eigenvalue weighted by molar-refractivity contribution is 0.677. The minimum atomic E-state index is 0.696. The van der Waals surface area contributed by atoms with Crippen molar-refractivity contribution in [3.05, 3.63) is 28.8 Å². The predicted molar refractivity (Wildman–Crippen MR) is 78.2 cm³/mol. The van der Waals surface area contributed by atoms with E-state index < -0.39 is 0 Å². The summed E-state index contributed by atoms with van der Waals surface area (Å²) < 4.78 is 0. The summed E-state index contributed by atoms with van der Waals surface area (Å²) in [6.07, 6.45) is 4.60. The van der Waals surface area contributed by atoms with E-state index in [1.54, 1.807) is 6.07 Å². The van der Waals surface area contributed by atoms with Crippen molar-refractivity contribution in [3.8, 4) is 6.07 Å². The van der Waals surface area contributed by atoms with Gasteiger partial charge < -0.3 is 4.90 Å². The van der Waals surface area contributed by atoms with Crippen LogP contribution in [0.3, 0.4) is 0 Å². The van der Waals surface area contributed by atoms with Crippen molar-refractivity contribution in [1.82, 2.24) is 0 Å². The highest BCUT2D eigenvalue weighted by Crippen LogP contribution is 2.25. The van der Waals surface area contributed by atoms with Gasteiger partial charge in [0, 0.05) is 18.1 Å². The molecule has 0 saturated heterocycles. The van der Waals surface area contributed by atoms with Crippen molar-refractivity contribution in [2.24, 2.45) is 0 Å². The fraction of sp³-hybridized carbons (Fsp3) is 0.533. The van der Waals surface area contributed by atoms with Gasteiger partial charge in [0.15, 0.2) is 0 Å². The van der Waals surface area contributed by atoms with Crippen molar-refractivity contribution in [3.63, 3.8) is 0 Å². The lowest BCUT2D eigenvalue weighted by atomic mass is 10.1. The van der Waals surface area contributed by atoms with Gasteiger partial charge in [-0.15, -0.1) is 0 Å². The molecular weight excluding hydrogens is 244 g/mol. The quantitative estimate of drug-likeness (QED) is 0.719. The van der Waals surface area contributed by atoms with Crippen LogP contribution in [0.25, 0.3) is 0 Å². The number of anilines is 1. The molecule has 98 valence electrons. The number of nitriles is 1. The van der Waals surface area contributed by atoms with E-state index in [2.05, 4.69) is 24.8 Å². The van der Waals surface area contributed by atoms with Gasteiger partial charge in [-0.2, -0.15) is 5.26 Å². The van der Waals surface area contributed by atoms with Gasteiger partial charge in [-0.1, -0.05) is 38.3 Å². The zero-order chi connectivity index (χ0) is 13.4. The maximum atomic E-state index is 9.19. The number of nitrogens with zero attached hydrogens (tertiary/aromatic N) is 2. The molecule has 0 bridgehead atoms. The molecule has 18 heavy (non-hydrogen) atoms. The number of halogens is 1. The molecule has 1 aromatic rings. The standard InChI is InChI=1S/C15H21ClN2/c1-3-5-9-18(10-6-4-2)15-11-14(16)8-7-13(15)12-17/h7-8,11H,3-6,9-10H2,1-2H3. The highest BCUT2D eigenvalue weighted by molar-refractivity contribution is 6.30. The monoisotopic (exact) mass is 264 g/mol. The molecule has 1 rings (SSSR count). The molecule has 2 nitrogen and oxygen atoms in total. The number of unbranched alkanes of at least 4 members (excludes halogenated alkanes) is 2. The molecule has 0 N–H and O–H groups in total. The maximum Gasteiger partial charge on any atom is 0.101 e.